The Morgan fingerprint density at radius 3 is 2.76 bits per heavy atom. The second-order valence-electron chi connectivity index (χ2n) is 8.07. The minimum Gasteiger partial charge on any atom is -0.495 e. The smallest absolute Gasteiger partial charge is 0.319 e. The molecule has 2 aliphatic heterocycles. The predicted octanol–water partition coefficient (Wildman–Crippen LogP) is 2.27. The molecule has 3 atom stereocenters. The summed E-state index contributed by atoms with van der Waals surface area (Å²) in [5.41, 5.74) is 1.04. The number of carbonyl (C=O) groups excluding carboxylic acids is 2. The SMILES string of the molecule is COc1ccccc1NC(=O)N[C@H]1CC[C@@H](CCNC(=O)c2ccc3c(c2)OCO3)O[C@H]1CO. The van der Waals surface area contributed by atoms with Crippen LogP contribution in [0, 0.1) is 0 Å². The van der Waals surface area contributed by atoms with Gasteiger partial charge in [-0.1, -0.05) is 12.1 Å². The van der Waals surface area contributed by atoms with Gasteiger partial charge < -0.3 is 40.0 Å². The second kappa shape index (κ2) is 11.1. The summed E-state index contributed by atoms with van der Waals surface area (Å²) in [7, 11) is 1.53. The van der Waals surface area contributed by atoms with Crippen LogP contribution in [-0.2, 0) is 4.74 Å². The highest BCUT2D eigenvalue weighted by Gasteiger charge is 2.32. The zero-order valence-electron chi connectivity index (χ0n) is 18.9. The highest BCUT2D eigenvalue weighted by molar-refractivity contribution is 5.95. The number of rotatable bonds is 8. The number of anilines is 1. The summed E-state index contributed by atoms with van der Waals surface area (Å²) in [4.78, 5) is 24.9. The van der Waals surface area contributed by atoms with Crippen molar-refractivity contribution in [1.82, 2.24) is 10.6 Å². The lowest BCUT2D eigenvalue weighted by Crippen LogP contribution is -2.52. The first kappa shape index (κ1) is 23.7. The van der Waals surface area contributed by atoms with Crippen LogP contribution in [-0.4, -0.2) is 62.3 Å². The maximum atomic E-state index is 12.5. The molecule has 0 unspecified atom stereocenters. The monoisotopic (exact) mass is 471 g/mol. The molecule has 2 aliphatic rings. The van der Waals surface area contributed by atoms with Gasteiger partial charge in [0.25, 0.3) is 5.91 Å². The molecule has 1 fully saturated rings. The lowest BCUT2D eigenvalue weighted by atomic mass is 9.97. The standard InChI is InChI=1S/C24H29N3O7/c1-31-19-5-3-2-4-17(19)26-24(30)27-18-8-7-16(34-22(18)13-28)10-11-25-23(29)15-6-9-20-21(12-15)33-14-32-20/h2-6,9,12,16,18,22,28H,7-8,10-11,13-14H2,1H3,(H,25,29)(H2,26,27,30)/t16-,18-,22-/m0/s1. The summed E-state index contributed by atoms with van der Waals surface area (Å²) in [6, 6.07) is 11.4. The molecule has 2 heterocycles. The van der Waals surface area contributed by atoms with Gasteiger partial charge in [0.15, 0.2) is 11.5 Å². The number of hydrogen-bond donors (Lipinski definition) is 4. The van der Waals surface area contributed by atoms with Crippen molar-refractivity contribution in [2.45, 2.75) is 37.5 Å². The molecule has 3 amide bonds. The average Bonchev–Trinajstić information content (AvgIpc) is 3.33. The van der Waals surface area contributed by atoms with E-state index in [-0.39, 0.29) is 31.5 Å². The number of benzene rings is 2. The Bertz CT molecular complexity index is 1020. The molecule has 1 saturated heterocycles. The molecule has 0 saturated carbocycles. The number of methoxy groups -OCH3 is 1. The van der Waals surface area contributed by atoms with Crippen molar-refractivity contribution >= 4 is 17.6 Å². The van der Waals surface area contributed by atoms with Crippen LogP contribution in [0.25, 0.3) is 0 Å². The number of carbonyl (C=O) groups is 2. The summed E-state index contributed by atoms with van der Waals surface area (Å²) in [6.07, 6.45) is 1.25. The Kier molecular flexibility index (Phi) is 7.71. The Morgan fingerprint density at radius 1 is 1.12 bits per heavy atom. The van der Waals surface area contributed by atoms with E-state index < -0.39 is 12.1 Å². The molecule has 0 aromatic heterocycles. The summed E-state index contributed by atoms with van der Waals surface area (Å²) < 4.78 is 21.8. The molecule has 0 aliphatic carbocycles. The molecule has 182 valence electrons. The van der Waals surface area contributed by atoms with Crippen LogP contribution >= 0.6 is 0 Å². The lowest BCUT2D eigenvalue weighted by Gasteiger charge is -2.36. The fraction of sp³-hybridized carbons (Fsp3) is 0.417. The first-order valence-corrected chi connectivity index (χ1v) is 11.2. The highest BCUT2D eigenvalue weighted by Crippen LogP contribution is 2.32. The van der Waals surface area contributed by atoms with Crippen molar-refractivity contribution in [1.29, 1.82) is 0 Å². The lowest BCUT2D eigenvalue weighted by molar-refractivity contribution is -0.0886. The fourth-order valence-electron chi connectivity index (χ4n) is 4.07. The molecule has 34 heavy (non-hydrogen) atoms. The number of fused-ring (bicyclic) bond motifs is 1. The number of urea groups is 1. The number of nitrogens with one attached hydrogen (secondary N) is 3. The van der Waals surface area contributed by atoms with Crippen LogP contribution in [0.5, 0.6) is 17.2 Å². The maximum Gasteiger partial charge on any atom is 0.319 e. The third-order valence-corrected chi connectivity index (χ3v) is 5.85. The van der Waals surface area contributed by atoms with Crippen molar-refractivity contribution in [2.75, 3.05) is 32.4 Å². The molecular weight excluding hydrogens is 442 g/mol. The number of hydrogen-bond acceptors (Lipinski definition) is 7. The first-order chi connectivity index (χ1) is 16.6. The van der Waals surface area contributed by atoms with Crippen molar-refractivity contribution in [3.05, 3.63) is 48.0 Å². The van der Waals surface area contributed by atoms with E-state index in [0.717, 1.165) is 0 Å². The van der Waals surface area contributed by atoms with Crippen molar-refractivity contribution in [3.63, 3.8) is 0 Å². The van der Waals surface area contributed by atoms with Crippen molar-refractivity contribution < 1.29 is 33.6 Å². The molecule has 10 nitrogen and oxygen atoms in total. The third kappa shape index (κ3) is 5.70. The van der Waals surface area contributed by atoms with Gasteiger partial charge in [0, 0.05) is 12.1 Å². The number of aliphatic hydroxyl groups excluding tert-OH is 1. The van der Waals surface area contributed by atoms with E-state index >= 15 is 0 Å². The third-order valence-electron chi connectivity index (χ3n) is 5.85. The summed E-state index contributed by atoms with van der Waals surface area (Å²) in [5, 5.41) is 18.3. The van der Waals surface area contributed by atoms with Gasteiger partial charge in [0.2, 0.25) is 6.79 Å². The summed E-state index contributed by atoms with van der Waals surface area (Å²) in [5.74, 6) is 1.53. The Morgan fingerprint density at radius 2 is 1.94 bits per heavy atom. The van der Waals surface area contributed by atoms with E-state index in [2.05, 4.69) is 16.0 Å². The van der Waals surface area contributed by atoms with E-state index in [1.54, 1.807) is 36.4 Å². The van der Waals surface area contributed by atoms with Crippen LogP contribution in [0.2, 0.25) is 0 Å². The van der Waals surface area contributed by atoms with Gasteiger partial charge in [0.05, 0.1) is 31.5 Å². The van der Waals surface area contributed by atoms with E-state index in [1.807, 2.05) is 6.07 Å². The molecular formula is C24H29N3O7. The highest BCUT2D eigenvalue weighted by atomic mass is 16.7. The fourth-order valence-corrected chi connectivity index (χ4v) is 4.07. The molecule has 4 rings (SSSR count). The van der Waals surface area contributed by atoms with E-state index in [1.165, 1.54) is 7.11 Å². The topological polar surface area (TPSA) is 127 Å². The van der Waals surface area contributed by atoms with Gasteiger partial charge >= 0.3 is 6.03 Å². The minimum absolute atomic E-state index is 0.135. The Labute approximate surface area is 197 Å². The van der Waals surface area contributed by atoms with E-state index in [0.29, 0.717) is 54.3 Å². The number of aliphatic hydroxyl groups is 1. The summed E-state index contributed by atoms with van der Waals surface area (Å²) in [6.45, 7) is 0.353. The minimum atomic E-state index is -0.535. The van der Waals surface area contributed by atoms with Gasteiger partial charge in [0.1, 0.15) is 11.9 Å². The van der Waals surface area contributed by atoms with E-state index in [4.69, 9.17) is 18.9 Å². The molecule has 0 spiro atoms. The molecule has 4 N–H and O–H groups in total. The molecule has 2 aromatic rings. The van der Waals surface area contributed by atoms with Gasteiger partial charge in [-0.2, -0.15) is 0 Å². The molecule has 10 heteroatoms. The number of ether oxygens (including phenoxy) is 4. The van der Waals surface area contributed by atoms with Crippen LogP contribution in [0.3, 0.4) is 0 Å². The van der Waals surface area contributed by atoms with Gasteiger partial charge in [-0.3, -0.25) is 4.79 Å². The zero-order valence-corrected chi connectivity index (χ0v) is 18.9. The average molecular weight is 472 g/mol. The second-order valence-corrected chi connectivity index (χ2v) is 8.07. The quantitative estimate of drug-likeness (QED) is 0.465. The molecule has 0 radical (unpaired) electrons. The number of amides is 3. The largest absolute Gasteiger partial charge is 0.495 e. The molecule has 2 aromatic carbocycles. The Hall–Kier alpha value is -3.50. The van der Waals surface area contributed by atoms with Crippen LogP contribution in [0.1, 0.15) is 29.6 Å². The Balaban J connectivity index is 1.22. The predicted molar refractivity (Wildman–Crippen MR) is 123 cm³/mol. The first-order valence-electron chi connectivity index (χ1n) is 11.2. The van der Waals surface area contributed by atoms with Crippen molar-refractivity contribution in [3.8, 4) is 17.2 Å². The van der Waals surface area contributed by atoms with Gasteiger partial charge in [-0.25, -0.2) is 4.79 Å². The van der Waals surface area contributed by atoms with E-state index in [9.17, 15) is 14.7 Å². The maximum absolute atomic E-state index is 12.5. The van der Waals surface area contributed by atoms with Crippen LogP contribution in [0.15, 0.2) is 42.5 Å². The molecule has 0 bridgehead atoms. The normalized spacial score (nSPS) is 20.9. The summed E-state index contributed by atoms with van der Waals surface area (Å²) >= 11 is 0. The van der Waals surface area contributed by atoms with Crippen molar-refractivity contribution in [2.24, 2.45) is 0 Å². The zero-order chi connectivity index (χ0) is 23.9. The van der Waals surface area contributed by atoms with Gasteiger partial charge in [-0.15, -0.1) is 0 Å². The van der Waals surface area contributed by atoms with Gasteiger partial charge in [-0.05, 0) is 49.6 Å². The van der Waals surface area contributed by atoms with Crippen LogP contribution in [0.4, 0.5) is 10.5 Å². The van der Waals surface area contributed by atoms with Crippen LogP contribution < -0.4 is 30.2 Å². The number of para-hydroxylation sites is 2.